The van der Waals surface area contributed by atoms with Gasteiger partial charge in [0, 0.05) is 13.0 Å². The van der Waals surface area contributed by atoms with Gasteiger partial charge in [0.1, 0.15) is 0 Å². The first-order valence-corrected chi connectivity index (χ1v) is 14.4. The third-order valence-electron chi connectivity index (χ3n) is 11.7. The lowest BCUT2D eigenvalue weighted by Crippen LogP contribution is -2.58. The molecule has 35 heavy (non-hydrogen) atoms. The SMILES string of the molecule is C[C@H](CCC(=O)NCc1ccccc1)C1CCC2C3CCC4C[C@H](O)CCC4(C)C3C[C@H](O)C21C. The van der Waals surface area contributed by atoms with Crippen molar-refractivity contribution in [1.29, 1.82) is 0 Å². The number of rotatable bonds is 6. The minimum Gasteiger partial charge on any atom is -0.393 e. The third-order valence-corrected chi connectivity index (χ3v) is 11.7. The Morgan fingerprint density at radius 3 is 2.57 bits per heavy atom. The van der Waals surface area contributed by atoms with Gasteiger partial charge in [0.25, 0.3) is 0 Å². The van der Waals surface area contributed by atoms with E-state index in [1.165, 1.54) is 25.7 Å². The smallest absolute Gasteiger partial charge is 0.220 e. The molecule has 4 aliphatic carbocycles. The van der Waals surface area contributed by atoms with Gasteiger partial charge in [-0.1, -0.05) is 51.1 Å². The van der Waals surface area contributed by atoms with Crippen molar-refractivity contribution in [3.05, 3.63) is 35.9 Å². The van der Waals surface area contributed by atoms with Crippen LogP contribution in [-0.2, 0) is 11.3 Å². The fourth-order valence-electron chi connectivity index (χ4n) is 9.61. The molecule has 1 aromatic rings. The number of nitrogens with one attached hydrogen (secondary N) is 1. The van der Waals surface area contributed by atoms with Crippen molar-refractivity contribution in [2.45, 2.75) is 104 Å². The van der Waals surface area contributed by atoms with Crippen molar-refractivity contribution in [2.75, 3.05) is 0 Å². The number of amides is 1. The number of carbonyl (C=O) groups is 1. The molecule has 5 rings (SSSR count). The number of fused-ring (bicyclic) bond motifs is 5. The van der Waals surface area contributed by atoms with E-state index >= 15 is 0 Å². The van der Waals surface area contributed by atoms with Crippen LogP contribution in [0.2, 0.25) is 0 Å². The van der Waals surface area contributed by atoms with Gasteiger partial charge in [-0.15, -0.1) is 0 Å². The van der Waals surface area contributed by atoms with Crippen LogP contribution < -0.4 is 5.32 Å². The number of carbonyl (C=O) groups excluding carboxylic acids is 1. The molecular formula is C31H47NO3. The summed E-state index contributed by atoms with van der Waals surface area (Å²) in [5, 5.41) is 25.1. The van der Waals surface area contributed by atoms with Crippen LogP contribution >= 0.6 is 0 Å². The molecule has 0 heterocycles. The Hall–Kier alpha value is -1.39. The second kappa shape index (κ2) is 9.82. The van der Waals surface area contributed by atoms with E-state index in [4.69, 9.17) is 0 Å². The lowest BCUT2D eigenvalue weighted by molar-refractivity contribution is -0.174. The molecule has 4 saturated carbocycles. The predicted molar refractivity (Wildman–Crippen MR) is 139 cm³/mol. The molecule has 0 radical (unpaired) electrons. The number of benzene rings is 1. The highest BCUT2D eigenvalue weighted by Crippen LogP contribution is 2.68. The van der Waals surface area contributed by atoms with Crippen molar-refractivity contribution < 1.29 is 15.0 Å². The average molecular weight is 482 g/mol. The molecule has 7 unspecified atom stereocenters. The molecule has 1 amide bonds. The van der Waals surface area contributed by atoms with E-state index in [2.05, 4.69) is 26.1 Å². The Bertz CT molecular complexity index is 888. The van der Waals surface area contributed by atoms with E-state index in [1.807, 2.05) is 30.3 Å². The number of aliphatic hydroxyl groups excluding tert-OH is 2. The van der Waals surface area contributed by atoms with Gasteiger partial charge in [-0.25, -0.2) is 0 Å². The molecular weight excluding hydrogens is 434 g/mol. The maximum atomic E-state index is 12.6. The minimum absolute atomic E-state index is 0.0293. The second-order valence-corrected chi connectivity index (χ2v) is 13.2. The molecule has 1 aromatic carbocycles. The summed E-state index contributed by atoms with van der Waals surface area (Å²) < 4.78 is 0. The van der Waals surface area contributed by atoms with Crippen molar-refractivity contribution >= 4 is 5.91 Å². The minimum atomic E-state index is -0.252. The first kappa shape index (κ1) is 25.3. The molecule has 0 saturated heterocycles. The predicted octanol–water partition coefficient (Wildman–Crippen LogP) is 5.71. The Morgan fingerprint density at radius 1 is 1.03 bits per heavy atom. The molecule has 0 bridgehead atoms. The Morgan fingerprint density at radius 2 is 1.80 bits per heavy atom. The Labute approximate surface area is 212 Å². The zero-order valence-corrected chi connectivity index (χ0v) is 22.1. The maximum Gasteiger partial charge on any atom is 0.220 e. The van der Waals surface area contributed by atoms with Gasteiger partial charge in [0.15, 0.2) is 0 Å². The van der Waals surface area contributed by atoms with Crippen molar-refractivity contribution in [3.8, 4) is 0 Å². The molecule has 194 valence electrons. The van der Waals surface area contributed by atoms with Crippen molar-refractivity contribution in [2.24, 2.45) is 46.3 Å². The molecule has 0 aromatic heterocycles. The molecule has 0 aliphatic heterocycles. The van der Waals surface area contributed by atoms with Crippen LogP contribution in [0.4, 0.5) is 0 Å². The zero-order valence-electron chi connectivity index (χ0n) is 22.1. The first-order chi connectivity index (χ1) is 16.7. The second-order valence-electron chi connectivity index (χ2n) is 13.2. The number of hydrogen-bond donors (Lipinski definition) is 3. The zero-order chi connectivity index (χ0) is 24.8. The summed E-state index contributed by atoms with van der Waals surface area (Å²) in [5.74, 6) is 3.59. The van der Waals surface area contributed by atoms with Gasteiger partial charge >= 0.3 is 0 Å². The van der Waals surface area contributed by atoms with Crippen LogP contribution in [0.1, 0.15) is 90.5 Å². The van der Waals surface area contributed by atoms with Gasteiger partial charge in [0.05, 0.1) is 12.2 Å². The summed E-state index contributed by atoms with van der Waals surface area (Å²) in [7, 11) is 0. The van der Waals surface area contributed by atoms with Crippen LogP contribution in [0.3, 0.4) is 0 Å². The van der Waals surface area contributed by atoms with Crippen LogP contribution in [0.25, 0.3) is 0 Å². The van der Waals surface area contributed by atoms with E-state index in [1.54, 1.807) is 0 Å². The van der Waals surface area contributed by atoms with Gasteiger partial charge in [-0.2, -0.15) is 0 Å². The number of aliphatic hydroxyl groups is 2. The molecule has 4 aliphatic rings. The summed E-state index contributed by atoms with van der Waals surface area (Å²) in [5.41, 5.74) is 1.39. The summed E-state index contributed by atoms with van der Waals surface area (Å²) >= 11 is 0. The van der Waals surface area contributed by atoms with Crippen LogP contribution in [-0.4, -0.2) is 28.3 Å². The molecule has 3 N–H and O–H groups in total. The largest absolute Gasteiger partial charge is 0.393 e. The highest BCUT2D eigenvalue weighted by Gasteiger charge is 2.63. The van der Waals surface area contributed by atoms with Gasteiger partial charge < -0.3 is 15.5 Å². The summed E-state index contributed by atoms with van der Waals surface area (Å²) in [6.45, 7) is 7.79. The quantitative estimate of drug-likeness (QED) is 0.487. The van der Waals surface area contributed by atoms with Crippen LogP contribution in [0.5, 0.6) is 0 Å². The van der Waals surface area contributed by atoms with Crippen LogP contribution in [0.15, 0.2) is 30.3 Å². The first-order valence-electron chi connectivity index (χ1n) is 14.4. The maximum absolute atomic E-state index is 12.6. The van der Waals surface area contributed by atoms with Gasteiger partial charge in [0.2, 0.25) is 5.91 Å². The highest BCUT2D eigenvalue weighted by atomic mass is 16.3. The Balaban J connectivity index is 1.22. The molecule has 4 nitrogen and oxygen atoms in total. The fourth-order valence-corrected chi connectivity index (χ4v) is 9.61. The normalized spacial score (nSPS) is 43.5. The summed E-state index contributed by atoms with van der Waals surface area (Å²) in [6.07, 6.45) is 9.97. The molecule has 10 atom stereocenters. The van der Waals surface area contributed by atoms with E-state index in [9.17, 15) is 15.0 Å². The average Bonchev–Trinajstić information content (AvgIpc) is 3.22. The van der Waals surface area contributed by atoms with Crippen LogP contribution in [0, 0.1) is 46.3 Å². The van der Waals surface area contributed by atoms with Crippen molar-refractivity contribution in [1.82, 2.24) is 5.32 Å². The fraction of sp³-hybridized carbons (Fsp3) is 0.774. The topological polar surface area (TPSA) is 69.6 Å². The lowest BCUT2D eigenvalue weighted by atomic mass is 9.43. The number of hydrogen-bond acceptors (Lipinski definition) is 3. The van der Waals surface area contributed by atoms with E-state index < -0.39 is 0 Å². The van der Waals surface area contributed by atoms with E-state index in [0.717, 1.165) is 37.7 Å². The standard InChI is InChI=1S/C31H47NO3/c1-20(9-14-29(35)32-19-21-7-5-4-6-8-21)25-12-13-26-24-11-10-22-17-23(33)15-16-30(22,2)27(24)18-28(34)31(25,26)3/h4-8,20,22-28,33-34H,9-19H2,1-3H3,(H,32,35)/t20-,22?,23-,24?,25?,26?,27?,28+,30?,31?/m1/s1. The van der Waals surface area contributed by atoms with Gasteiger partial charge in [-0.05, 0) is 110 Å². The Kier molecular flexibility index (Phi) is 7.09. The molecule has 0 spiro atoms. The van der Waals surface area contributed by atoms with E-state index in [0.29, 0.717) is 48.5 Å². The van der Waals surface area contributed by atoms with Gasteiger partial charge in [-0.3, -0.25) is 4.79 Å². The van der Waals surface area contributed by atoms with Crippen molar-refractivity contribution in [3.63, 3.8) is 0 Å². The lowest BCUT2D eigenvalue weighted by Gasteiger charge is -2.62. The van der Waals surface area contributed by atoms with E-state index in [-0.39, 0.29) is 28.9 Å². The summed E-state index contributed by atoms with van der Waals surface area (Å²) in [6, 6.07) is 10.1. The monoisotopic (exact) mass is 481 g/mol. The summed E-state index contributed by atoms with van der Waals surface area (Å²) in [4.78, 5) is 12.6. The third kappa shape index (κ3) is 4.48. The molecule has 4 heteroatoms. The highest BCUT2D eigenvalue weighted by molar-refractivity contribution is 5.75. The molecule has 4 fully saturated rings.